The molecule has 0 N–H and O–H groups in total. The Morgan fingerprint density at radius 2 is 2.00 bits per heavy atom. The SMILES string of the molecule is COc1ccc(-c2ncc(CCl)cn2)cc1Br. The van der Waals surface area contributed by atoms with Gasteiger partial charge in [0.25, 0.3) is 0 Å². The maximum atomic E-state index is 5.69. The van der Waals surface area contributed by atoms with Gasteiger partial charge in [0.05, 0.1) is 17.5 Å². The van der Waals surface area contributed by atoms with E-state index in [1.54, 1.807) is 19.5 Å². The molecule has 2 aromatic rings. The van der Waals surface area contributed by atoms with E-state index < -0.39 is 0 Å². The molecule has 5 heteroatoms. The van der Waals surface area contributed by atoms with E-state index in [-0.39, 0.29) is 0 Å². The number of halogens is 2. The second kappa shape index (κ2) is 5.47. The van der Waals surface area contributed by atoms with Crippen LogP contribution < -0.4 is 4.74 Å². The topological polar surface area (TPSA) is 35.0 Å². The predicted molar refractivity (Wildman–Crippen MR) is 71.3 cm³/mol. The highest BCUT2D eigenvalue weighted by molar-refractivity contribution is 9.10. The smallest absolute Gasteiger partial charge is 0.159 e. The zero-order valence-corrected chi connectivity index (χ0v) is 11.5. The quantitative estimate of drug-likeness (QED) is 0.811. The van der Waals surface area contributed by atoms with Gasteiger partial charge in [-0.1, -0.05) is 0 Å². The minimum atomic E-state index is 0.423. The maximum absolute atomic E-state index is 5.69. The molecule has 0 aliphatic heterocycles. The molecule has 0 amide bonds. The Morgan fingerprint density at radius 3 is 2.53 bits per heavy atom. The van der Waals surface area contributed by atoms with Gasteiger partial charge in [0, 0.05) is 23.5 Å². The number of alkyl halides is 1. The van der Waals surface area contributed by atoms with Crippen LogP contribution in [-0.2, 0) is 5.88 Å². The fraction of sp³-hybridized carbons (Fsp3) is 0.167. The van der Waals surface area contributed by atoms with Crippen LogP contribution in [-0.4, -0.2) is 17.1 Å². The van der Waals surface area contributed by atoms with E-state index in [1.807, 2.05) is 18.2 Å². The summed E-state index contributed by atoms with van der Waals surface area (Å²) < 4.78 is 6.04. The summed E-state index contributed by atoms with van der Waals surface area (Å²) in [6, 6.07) is 5.71. The zero-order chi connectivity index (χ0) is 12.3. The molecule has 0 atom stereocenters. The van der Waals surface area contributed by atoms with Crippen LogP contribution in [0.4, 0.5) is 0 Å². The van der Waals surface area contributed by atoms with Crippen molar-refractivity contribution in [3.63, 3.8) is 0 Å². The second-order valence-electron chi connectivity index (χ2n) is 3.40. The van der Waals surface area contributed by atoms with Crippen molar-refractivity contribution in [3.05, 3.63) is 40.6 Å². The van der Waals surface area contributed by atoms with Gasteiger partial charge >= 0.3 is 0 Å². The van der Waals surface area contributed by atoms with Gasteiger partial charge in [0.2, 0.25) is 0 Å². The molecule has 1 aromatic carbocycles. The first-order chi connectivity index (χ1) is 8.24. The lowest BCUT2D eigenvalue weighted by molar-refractivity contribution is 0.412. The third kappa shape index (κ3) is 2.76. The number of hydrogen-bond acceptors (Lipinski definition) is 3. The van der Waals surface area contributed by atoms with Crippen molar-refractivity contribution < 1.29 is 4.74 Å². The molecule has 88 valence electrons. The van der Waals surface area contributed by atoms with Crippen molar-refractivity contribution in [3.8, 4) is 17.1 Å². The normalized spacial score (nSPS) is 10.3. The van der Waals surface area contributed by atoms with Crippen LogP contribution in [0.1, 0.15) is 5.56 Å². The summed E-state index contributed by atoms with van der Waals surface area (Å²) in [5.41, 5.74) is 1.83. The highest BCUT2D eigenvalue weighted by Gasteiger charge is 2.05. The first-order valence-corrected chi connectivity index (χ1v) is 6.28. The van der Waals surface area contributed by atoms with Gasteiger partial charge in [-0.3, -0.25) is 0 Å². The Bertz CT molecular complexity index is 516. The van der Waals surface area contributed by atoms with Gasteiger partial charge in [0.15, 0.2) is 5.82 Å². The Hall–Kier alpha value is -1.13. The van der Waals surface area contributed by atoms with Crippen LogP contribution in [0.15, 0.2) is 35.1 Å². The molecule has 0 fully saturated rings. The summed E-state index contributed by atoms with van der Waals surface area (Å²) in [6.07, 6.45) is 3.46. The first-order valence-electron chi connectivity index (χ1n) is 4.95. The van der Waals surface area contributed by atoms with E-state index in [2.05, 4.69) is 25.9 Å². The average molecular weight is 314 g/mol. The van der Waals surface area contributed by atoms with Crippen LogP contribution in [0.25, 0.3) is 11.4 Å². The summed E-state index contributed by atoms with van der Waals surface area (Å²) in [4.78, 5) is 8.52. The molecule has 0 spiro atoms. The molecule has 0 bridgehead atoms. The molecule has 1 heterocycles. The molecular formula is C12H10BrClN2O. The molecule has 3 nitrogen and oxygen atoms in total. The van der Waals surface area contributed by atoms with Crippen molar-refractivity contribution in [1.82, 2.24) is 9.97 Å². The predicted octanol–water partition coefficient (Wildman–Crippen LogP) is 3.65. The molecule has 0 aliphatic carbocycles. The van der Waals surface area contributed by atoms with E-state index in [4.69, 9.17) is 16.3 Å². The van der Waals surface area contributed by atoms with Crippen LogP contribution >= 0.6 is 27.5 Å². The van der Waals surface area contributed by atoms with Gasteiger partial charge in [-0.2, -0.15) is 0 Å². The lowest BCUT2D eigenvalue weighted by Gasteiger charge is -2.05. The Labute approximate surface area is 113 Å². The van der Waals surface area contributed by atoms with Gasteiger partial charge in [-0.15, -0.1) is 11.6 Å². The molecule has 0 saturated heterocycles. The highest BCUT2D eigenvalue weighted by atomic mass is 79.9. The summed E-state index contributed by atoms with van der Waals surface area (Å²) in [5, 5.41) is 0. The average Bonchev–Trinajstić information content (AvgIpc) is 2.39. The first kappa shape index (κ1) is 12.3. The van der Waals surface area contributed by atoms with Crippen molar-refractivity contribution >= 4 is 27.5 Å². The van der Waals surface area contributed by atoms with Crippen molar-refractivity contribution in [2.24, 2.45) is 0 Å². The van der Waals surface area contributed by atoms with E-state index in [0.29, 0.717) is 11.7 Å². The van der Waals surface area contributed by atoms with Crippen molar-refractivity contribution in [1.29, 1.82) is 0 Å². The summed E-state index contributed by atoms with van der Waals surface area (Å²) in [6.45, 7) is 0. The number of rotatable bonds is 3. The number of nitrogens with zero attached hydrogens (tertiary/aromatic N) is 2. The van der Waals surface area contributed by atoms with Gasteiger partial charge in [-0.05, 0) is 34.1 Å². The van der Waals surface area contributed by atoms with Crippen molar-refractivity contribution in [2.45, 2.75) is 5.88 Å². The number of benzene rings is 1. The molecular weight excluding hydrogens is 304 g/mol. The van der Waals surface area contributed by atoms with Crippen LogP contribution in [0.2, 0.25) is 0 Å². The summed E-state index contributed by atoms with van der Waals surface area (Å²) >= 11 is 9.12. The molecule has 0 radical (unpaired) electrons. The van der Waals surface area contributed by atoms with Crippen LogP contribution in [0, 0.1) is 0 Å². The Balaban J connectivity index is 2.35. The fourth-order valence-electron chi connectivity index (χ4n) is 1.38. The molecule has 0 aliphatic rings. The summed E-state index contributed by atoms with van der Waals surface area (Å²) in [7, 11) is 1.63. The van der Waals surface area contributed by atoms with E-state index in [0.717, 1.165) is 21.3 Å². The van der Waals surface area contributed by atoms with Gasteiger partial charge in [-0.25, -0.2) is 9.97 Å². The molecule has 2 rings (SSSR count). The number of ether oxygens (including phenoxy) is 1. The largest absolute Gasteiger partial charge is 0.496 e. The molecule has 17 heavy (non-hydrogen) atoms. The maximum Gasteiger partial charge on any atom is 0.159 e. The lowest BCUT2D eigenvalue weighted by Crippen LogP contribution is -1.91. The lowest BCUT2D eigenvalue weighted by atomic mass is 10.2. The minimum Gasteiger partial charge on any atom is -0.496 e. The number of hydrogen-bond donors (Lipinski definition) is 0. The van der Waals surface area contributed by atoms with Crippen molar-refractivity contribution in [2.75, 3.05) is 7.11 Å². The number of methoxy groups -OCH3 is 1. The third-order valence-electron chi connectivity index (χ3n) is 2.27. The third-order valence-corrected chi connectivity index (χ3v) is 3.20. The Kier molecular flexibility index (Phi) is 3.97. The van der Waals surface area contributed by atoms with E-state index in [1.165, 1.54) is 0 Å². The van der Waals surface area contributed by atoms with E-state index in [9.17, 15) is 0 Å². The van der Waals surface area contributed by atoms with Gasteiger partial charge < -0.3 is 4.74 Å². The van der Waals surface area contributed by atoms with Crippen LogP contribution in [0.5, 0.6) is 5.75 Å². The number of aromatic nitrogens is 2. The Morgan fingerprint density at radius 1 is 1.29 bits per heavy atom. The highest BCUT2D eigenvalue weighted by Crippen LogP contribution is 2.28. The molecule has 0 unspecified atom stereocenters. The fourth-order valence-corrected chi connectivity index (χ4v) is 2.06. The zero-order valence-electron chi connectivity index (χ0n) is 9.15. The van der Waals surface area contributed by atoms with Crippen LogP contribution in [0.3, 0.4) is 0 Å². The minimum absolute atomic E-state index is 0.423. The standard InChI is InChI=1S/C12H10BrClN2O/c1-17-11-3-2-9(4-10(11)13)12-15-6-8(5-14)7-16-12/h2-4,6-7H,5H2,1H3. The van der Waals surface area contributed by atoms with Gasteiger partial charge in [0.1, 0.15) is 5.75 Å². The molecule has 1 aromatic heterocycles. The second-order valence-corrected chi connectivity index (χ2v) is 4.52. The van der Waals surface area contributed by atoms with E-state index >= 15 is 0 Å². The summed E-state index contributed by atoms with van der Waals surface area (Å²) in [5.74, 6) is 1.88. The molecule has 0 saturated carbocycles. The monoisotopic (exact) mass is 312 g/mol.